The Morgan fingerprint density at radius 2 is 0.518 bits per heavy atom. The zero-order valence-electron chi connectivity index (χ0n) is 70.1. The molecule has 5 aromatic carbocycles. The van der Waals surface area contributed by atoms with E-state index in [1.165, 1.54) is 130 Å². The molecule has 16 heteroatoms. The summed E-state index contributed by atoms with van der Waals surface area (Å²) in [5.74, 6) is 0. The van der Waals surface area contributed by atoms with Crippen molar-refractivity contribution in [3.63, 3.8) is 0 Å². The van der Waals surface area contributed by atoms with E-state index in [4.69, 9.17) is 6.57 Å². The zero-order chi connectivity index (χ0) is 81.7. The Balaban J connectivity index is 0.000000141. The van der Waals surface area contributed by atoms with Crippen LogP contribution < -0.4 is 45.7 Å². The van der Waals surface area contributed by atoms with Gasteiger partial charge in [-0.15, -0.1) is 0 Å². The van der Waals surface area contributed by atoms with Crippen LogP contribution in [0.15, 0.2) is 276 Å². The number of rotatable bonds is 10. The lowest BCUT2D eigenvalue weighted by Crippen LogP contribution is -2.40. The molecule has 15 aromatic rings. The topological polar surface area (TPSA) is 108 Å². The maximum atomic E-state index is 7.43. The molecule has 10 aromatic heterocycles. The predicted molar refractivity (Wildman–Crippen MR) is 447 cm³/mol. The van der Waals surface area contributed by atoms with Crippen LogP contribution in [-0.4, -0.2) is 24.9 Å². The molecular formula is C98H108N16+10. The molecule has 15 rings (SSSR count). The van der Waals surface area contributed by atoms with Gasteiger partial charge in [0, 0.05) is 155 Å². The molecule has 0 atom stereocenters. The Kier molecular flexibility index (Phi) is 26.0. The molecular weight excluding hydrogens is 1400 g/mol. The first-order chi connectivity index (χ1) is 54.7. The third-order valence-corrected chi connectivity index (χ3v) is 21.0. The summed E-state index contributed by atoms with van der Waals surface area (Å²) in [6, 6.07) is 62.8. The second-order valence-corrected chi connectivity index (χ2v) is 30.3. The summed E-state index contributed by atoms with van der Waals surface area (Å²) < 4.78 is 21.7. The standard InChI is InChI=1S/C22H27N3.C20H23N3.C19H18N4.C19H21N3.C18H19N3/c1-16-9-7-8-12-24(16)20-13-19(22(4,5)6)14-21(18(20)3)25-15-23-11-10-17(25)2;1-14-12-15(2)20(23-13-21-10-9-17(23)4)18(5)19(14)22-11-7-6-8-16(22)3;1-14-7-5-6-10-22(14)18-11-17(20-4)12-19(16(18)3)23-13-21-9-8-15(23)2;1-14-11-18(21-10-6-5-7-15(21)2)17(4)19(12-14)22-13-20-9-8-16(22)3;1-14-7-4-5-12-20(14)17-8-6-9-18(16(17)3)21-13-19-11-10-15(21)2/h7-15H,1-6H3;6-13H,1-5H3;5-13H,1-3H3;5-13H,1-4H3;4-13H,1-3H3/q5*+2. The fourth-order valence-corrected chi connectivity index (χ4v) is 14.6. The van der Waals surface area contributed by atoms with E-state index in [1.807, 2.05) is 122 Å². The van der Waals surface area contributed by atoms with Gasteiger partial charge in [-0.05, 0) is 142 Å². The van der Waals surface area contributed by atoms with Gasteiger partial charge in [-0.2, -0.15) is 41.1 Å². The molecule has 0 aliphatic rings. The van der Waals surface area contributed by atoms with E-state index in [0.717, 1.165) is 34.0 Å². The maximum absolute atomic E-state index is 7.43. The summed E-state index contributed by atoms with van der Waals surface area (Å²) in [5, 5.41) is 0. The minimum Gasteiger partial charge on any atom is -0.238 e. The fourth-order valence-electron chi connectivity index (χ4n) is 14.6. The summed E-state index contributed by atoms with van der Waals surface area (Å²) in [7, 11) is 0. The molecule has 114 heavy (non-hydrogen) atoms. The minimum atomic E-state index is 0.0666. The first-order valence-corrected chi connectivity index (χ1v) is 38.7. The first kappa shape index (κ1) is 81.7. The molecule has 0 radical (unpaired) electrons. The summed E-state index contributed by atoms with van der Waals surface area (Å²) >= 11 is 0. The molecule has 0 N–H and O–H groups in total. The summed E-state index contributed by atoms with van der Waals surface area (Å²) in [5.41, 5.74) is 35.2. The number of hydrogen-bond donors (Lipinski definition) is 0. The molecule has 570 valence electrons. The van der Waals surface area contributed by atoms with Crippen LogP contribution in [0.1, 0.15) is 128 Å². The molecule has 0 fully saturated rings. The average molecular weight is 1510 g/mol. The molecule has 0 spiro atoms. The Morgan fingerprint density at radius 3 is 0.860 bits per heavy atom. The zero-order valence-corrected chi connectivity index (χ0v) is 70.1. The van der Waals surface area contributed by atoms with Crippen LogP contribution in [0, 0.1) is 131 Å². The van der Waals surface area contributed by atoms with Crippen molar-refractivity contribution in [1.82, 2.24) is 24.9 Å². The molecule has 0 bridgehead atoms. The number of nitrogens with zero attached hydrogens (tertiary/aromatic N) is 16. The van der Waals surface area contributed by atoms with Crippen LogP contribution in [-0.2, 0) is 5.41 Å². The van der Waals surface area contributed by atoms with Gasteiger partial charge in [0.1, 0.15) is 87.9 Å². The van der Waals surface area contributed by atoms with Gasteiger partial charge in [-0.1, -0.05) is 82.1 Å². The van der Waals surface area contributed by atoms with Crippen molar-refractivity contribution in [1.29, 1.82) is 0 Å². The van der Waals surface area contributed by atoms with E-state index in [1.54, 1.807) is 12.5 Å². The van der Waals surface area contributed by atoms with Gasteiger partial charge >= 0.3 is 0 Å². The van der Waals surface area contributed by atoms with Gasteiger partial charge in [-0.3, -0.25) is 0 Å². The van der Waals surface area contributed by atoms with Crippen molar-refractivity contribution in [2.24, 2.45) is 0 Å². The Labute approximate surface area is 674 Å². The van der Waals surface area contributed by atoms with Crippen LogP contribution >= 0.6 is 0 Å². The SMILES string of the molecule is Cc1c(-[n+]2ccccc2C)cc(C(C)(C)C)cc1-[n+]1cnccc1C.Cc1c(-[n+]2ccccc2C)cccc1-[n+]1cnccc1C.Cc1cc(-[n+]2ccccc2C)c(C)c(-[n+]2cnccc2C)c1.Cc1cc(C)c(-[n+]2cnccc2C)c(C)c1-[n+]1ccccc1C.[C-]#[N+]c1cc(-[n+]2ccccc2C)c(C)c(-[n+]2cnccc2C)c1. The van der Waals surface area contributed by atoms with Crippen molar-refractivity contribution in [3.8, 4) is 56.9 Å². The first-order valence-electron chi connectivity index (χ1n) is 38.7. The van der Waals surface area contributed by atoms with E-state index >= 15 is 0 Å². The minimum absolute atomic E-state index is 0.0666. The highest BCUT2D eigenvalue weighted by Gasteiger charge is 2.29. The largest absolute Gasteiger partial charge is 0.291 e. The highest BCUT2D eigenvalue weighted by atomic mass is 15.1. The molecule has 16 nitrogen and oxygen atoms in total. The van der Waals surface area contributed by atoms with Crippen molar-refractivity contribution >= 4 is 5.69 Å². The highest BCUT2D eigenvalue weighted by Crippen LogP contribution is 2.30. The van der Waals surface area contributed by atoms with Crippen molar-refractivity contribution in [3.05, 3.63) is 394 Å². The number of hydrogen-bond acceptors (Lipinski definition) is 5. The van der Waals surface area contributed by atoms with E-state index in [0.29, 0.717) is 5.69 Å². The second kappa shape index (κ2) is 36.3. The summed E-state index contributed by atoms with van der Waals surface area (Å²) in [6.45, 7) is 52.5. The smallest absolute Gasteiger partial charge is 0.238 e. The highest BCUT2D eigenvalue weighted by molar-refractivity contribution is 5.60. The Morgan fingerprint density at radius 1 is 0.254 bits per heavy atom. The lowest BCUT2D eigenvalue weighted by atomic mass is 9.85. The van der Waals surface area contributed by atoms with Gasteiger partial charge in [0.25, 0.3) is 31.6 Å². The van der Waals surface area contributed by atoms with Gasteiger partial charge < -0.3 is 0 Å². The van der Waals surface area contributed by atoms with Crippen LogP contribution in [0.4, 0.5) is 5.69 Å². The van der Waals surface area contributed by atoms with Gasteiger partial charge in [0.2, 0.25) is 28.4 Å². The van der Waals surface area contributed by atoms with Crippen molar-refractivity contribution < 1.29 is 45.7 Å². The van der Waals surface area contributed by atoms with E-state index in [9.17, 15) is 0 Å². The van der Waals surface area contributed by atoms with Crippen molar-refractivity contribution in [2.75, 3.05) is 0 Å². The summed E-state index contributed by atoms with van der Waals surface area (Å²) in [6.07, 6.45) is 28.9. The average Bonchev–Trinajstić information content (AvgIpc) is 0.779. The predicted octanol–water partition coefficient (Wildman–Crippen LogP) is 15.6. The molecule has 10 heterocycles. The van der Waals surface area contributed by atoms with Gasteiger partial charge in [0.15, 0.2) is 65.1 Å². The monoisotopic (exact) mass is 1510 g/mol. The molecule has 0 saturated carbocycles. The normalized spacial score (nSPS) is 10.8. The third kappa shape index (κ3) is 18.3. The summed E-state index contributed by atoms with van der Waals surface area (Å²) in [4.78, 5) is 25.0. The molecule has 0 aliphatic carbocycles. The van der Waals surface area contributed by atoms with Crippen molar-refractivity contribution in [2.45, 2.75) is 151 Å². The van der Waals surface area contributed by atoms with E-state index in [-0.39, 0.29) is 5.41 Å². The maximum Gasteiger partial charge on any atom is 0.291 e. The molecule has 0 unspecified atom stereocenters. The molecule has 0 amide bonds. The quantitative estimate of drug-likeness (QED) is 0.100. The van der Waals surface area contributed by atoms with Crippen LogP contribution in [0.2, 0.25) is 0 Å². The number of pyridine rings is 5. The Bertz CT molecular complexity index is 5730. The van der Waals surface area contributed by atoms with E-state index in [2.05, 4.69) is 362 Å². The number of aromatic nitrogens is 15. The van der Waals surface area contributed by atoms with Gasteiger partial charge in [0.05, 0.1) is 34.4 Å². The number of benzene rings is 5. The lowest BCUT2D eigenvalue weighted by Gasteiger charge is -2.21. The third-order valence-electron chi connectivity index (χ3n) is 21.0. The van der Waals surface area contributed by atoms with E-state index < -0.39 is 0 Å². The van der Waals surface area contributed by atoms with Crippen LogP contribution in [0.25, 0.3) is 61.7 Å². The number of aryl methyl sites for hydroxylation is 13. The van der Waals surface area contributed by atoms with Gasteiger partial charge in [-0.25, -0.2) is 9.41 Å². The second-order valence-electron chi connectivity index (χ2n) is 30.3. The molecule has 0 saturated heterocycles. The van der Waals surface area contributed by atoms with Crippen LogP contribution in [0.3, 0.4) is 0 Å². The fraction of sp³-hybridized carbons (Fsp3) is 0.224. The lowest BCUT2D eigenvalue weighted by molar-refractivity contribution is -0.614. The molecule has 0 aliphatic heterocycles. The Hall–Kier alpha value is -13.3. The van der Waals surface area contributed by atoms with Crippen LogP contribution in [0.5, 0.6) is 0 Å².